The lowest BCUT2D eigenvalue weighted by Crippen LogP contribution is -2.14. The molecule has 0 saturated heterocycles. The Balaban J connectivity index is 1.12. The normalized spacial score (nSPS) is 11.8. The van der Waals surface area contributed by atoms with Gasteiger partial charge in [0.2, 0.25) is 0 Å². The first-order valence-corrected chi connectivity index (χ1v) is 18.2. The Morgan fingerprint density at radius 3 is 1.83 bits per heavy atom. The van der Waals surface area contributed by atoms with Gasteiger partial charge in [-0.2, -0.15) is 0 Å². The number of anilines is 2. The van der Waals surface area contributed by atoms with Crippen molar-refractivity contribution in [3.8, 4) is 28.2 Å². The van der Waals surface area contributed by atoms with Crippen molar-refractivity contribution in [1.29, 1.82) is 0 Å². The van der Waals surface area contributed by atoms with Crippen molar-refractivity contribution in [1.82, 2.24) is 14.5 Å². The van der Waals surface area contributed by atoms with Crippen LogP contribution in [0.5, 0.6) is 0 Å². The van der Waals surface area contributed by atoms with Gasteiger partial charge in [-0.05, 0) is 69.6 Å². The maximum Gasteiger partial charge on any atom is 0.196 e. The van der Waals surface area contributed by atoms with Gasteiger partial charge in [0.1, 0.15) is 11.1 Å². The molecule has 5 nitrogen and oxygen atoms in total. The van der Waals surface area contributed by atoms with Gasteiger partial charge in [0.05, 0.1) is 16.7 Å². The Hall–Kier alpha value is -7.24. The predicted octanol–water partition coefficient (Wildman–Crippen LogP) is 12.9. The number of aromatic nitrogens is 3. The lowest BCUT2D eigenvalue weighted by Gasteiger charge is -2.24. The molecule has 0 unspecified atom stereocenters. The van der Waals surface area contributed by atoms with Crippen molar-refractivity contribution in [2.24, 2.45) is 0 Å². The van der Waals surface area contributed by atoms with Crippen molar-refractivity contribution >= 4 is 76.9 Å². The lowest BCUT2D eigenvalue weighted by atomic mass is 9.95. The Labute approximate surface area is 311 Å². The molecule has 5 heteroatoms. The van der Waals surface area contributed by atoms with E-state index in [9.17, 15) is 0 Å². The summed E-state index contributed by atoms with van der Waals surface area (Å²) in [6.07, 6.45) is 0. The Morgan fingerprint density at radius 1 is 0.500 bits per heavy atom. The van der Waals surface area contributed by atoms with Crippen molar-refractivity contribution in [3.63, 3.8) is 0 Å². The highest BCUT2D eigenvalue weighted by Crippen LogP contribution is 2.44. The topological polar surface area (TPSA) is 47.1 Å². The Bertz CT molecular complexity index is 3180. The second kappa shape index (κ2) is 11.9. The van der Waals surface area contributed by atoms with Crippen LogP contribution in [0.3, 0.4) is 0 Å². The number of furan rings is 1. The van der Waals surface area contributed by atoms with Crippen LogP contribution in [-0.4, -0.2) is 21.6 Å². The molecule has 0 fully saturated rings. The van der Waals surface area contributed by atoms with Crippen LogP contribution in [0.15, 0.2) is 180 Å². The molecule has 0 aliphatic carbocycles. The summed E-state index contributed by atoms with van der Waals surface area (Å²) in [5.74, 6) is 1.36. The van der Waals surface area contributed by atoms with E-state index in [-0.39, 0.29) is 0 Å². The number of hydrogen-bond acceptors (Lipinski definition) is 4. The van der Waals surface area contributed by atoms with E-state index in [1.807, 2.05) is 18.2 Å². The van der Waals surface area contributed by atoms with Crippen molar-refractivity contribution in [2.45, 2.75) is 0 Å². The van der Waals surface area contributed by atoms with Crippen LogP contribution in [0.2, 0.25) is 0 Å². The first-order chi connectivity index (χ1) is 26.7. The smallest absolute Gasteiger partial charge is 0.196 e. The highest BCUT2D eigenvalue weighted by molar-refractivity contribution is 6.13. The van der Waals surface area contributed by atoms with Gasteiger partial charge < -0.3 is 13.9 Å². The fraction of sp³-hybridized carbons (Fsp3) is 0.0204. The molecule has 0 saturated carbocycles. The molecule has 254 valence electrons. The zero-order valence-electron chi connectivity index (χ0n) is 29.4. The maximum absolute atomic E-state index is 6.72. The van der Waals surface area contributed by atoms with E-state index in [0.29, 0.717) is 17.2 Å². The van der Waals surface area contributed by atoms with Gasteiger partial charge in [0.25, 0.3) is 0 Å². The maximum atomic E-state index is 6.72. The van der Waals surface area contributed by atoms with Crippen LogP contribution >= 0.6 is 0 Å². The SMILES string of the molecule is CN(c1ccc2ccccc2c1-c1ccc(-n2c3ccccc3c3ccccc32)cc1)c1nc(-c2ccccc2)nc2c1oc1cc3ccccc3cc12. The minimum atomic E-state index is 0.652. The van der Waals surface area contributed by atoms with Crippen molar-refractivity contribution in [2.75, 3.05) is 11.9 Å². The largest absolute Gasteiger partial charge is 0.450 e. The summed E-state index contributed by atoms with van der Waals surface area (Å²) in [6, 6.07) is 62.1. The van der Waals surface area contributed by atoms with Gasteiger partial charge in [-0.25, -0.2) is 9.97 Å². The van der Waals surface area contributed by atoms with Crippen LogP contribution in [0.25, 0.3) is 93.6 Å². The van der Waals surface area contributed by atoms with E-state index in [2.05, 4.69) is 174 Å². The lowest BCUT2D eigenvalue weighted by molar-refractivity contribution is 0.666. The molecule has 11 rings (SSSR count). The van der Waals surface area contributed by atoms with Crippen LogP contribution in [0, 0.1) is 0 Å². The summed E-state index contributed by atoms with van der Waals surface area (Å²) in [6.45, 7) is 0. The number of para-hydroxylation sites is 2. The molecule has 0 N–H and O–H groups in total. The van der Waals surface area contributed by atoms with E-state index in [1.165, 1.54) is 27.2 Å². The average Bonchev–Trinajstić information content (AvgIpc) is 3.77. The van der Waals surface area contributed by atoms with E-state index in [0.717, 1.165) is 60.7 Å². The van der Waals surface area contributed by atoms with Crippen molar-refractivity contribution < 1.29 is 4.42 Å². The zero-order valence-corrected chi connectivity index (χ0v) is 29.4. The number of rotatable bonds is 5. The number of fused-ring (bicyclic) bond motifs is 8. The van der Waals surface area contributed by atoms with Crippen LogP contribution in [0.1, 0.15) is 0 Å². The molecular formula is C49H32N4O. The van der Waals surface area contributed by atoms with E-state index in [1.54, 1.807) is 0 Å². The third kappa shape index (κ3) is 4.65. The van der Waals surface area contributed by atoms with Gasteiger partial charge in [0, 0.05) is 40.0 Å². The minimum Gasteiger partial charge on any atom is -0.450 e. The fourth-order valence-corrected chi connectivity index (χ4v) is 8.19. The van der Waals surface area contributed by atoms with Crippen LogP contribution in [-0.2, 0) is 0 Å². The third-order valence-corrected chi connectivity index (χ3v) is 10.8. The molecule has 0 aliphatic heterocycles. The first kappa shape index (κ1) is 30.4. The van der Waals surface area contributed by atoms with Crippen molar-refractivity contribution in [3.05, 3.63) is 176 Å². The molecule has 0 radical (unpaired) electrons. The molecule has 0 aliphatic rings. The number of benzene rings is 8. The van der Waals surface area contributed by atoms with Crippen LogP contribution < -0.4 is 4.90 Å². The summed E-state index contributed by atoms with van der Waals surface area (Å²) in [4.78, 5) is 12.6. The molecule has 3 aromatic heterocycles. The van der Waals surface area contributed by atoms with E-state index in [4.69, 9.17) is 14.4 Å². The highest BCUT2D eigenvalue weighted by atomic mass is 16.3. The monoisotopic (exact) mass is 692 g/mol. The molecule has 8 aromatic carbocycles. The van der Waals surface area contributed by atoms with Gasteiger partial charge in [-0.3, -0.25) is 0 Å². The summed E-state index contributed by atoms with van der Waals surface area (Å²) in [5, 5.41) is 8.07. The van der Waals surface area contributed by atoms with Gasteiger partial charge in [-0.15, -0.1) is 0 Å². The second-order valence-corrected chi connectivity index (χ2v) is 13.9. The summed E-state index contributed by atoms with van der Waals surface area (Å²) >= 11 is 0. The molecule has 0 amide bonds. The minimum absolute atomic E-state index is 0.652. The summed E-state index contributed by atoms with van der Waals surface area (Å²) in [7, 11) is 2.08. The Morgan fingerprint density at radius 2 is 1.11 bits per heavy atom. The Kier molecular flexibility index (Phi) is 6.70. The fourth-order valence-electron chi connectivity index (χ4n) is 8.19. The third-order valence-electron chi connectivity index (χ3n) is 10.8. The molecular weight excluding hydrogens is 661 g/mol. The quantitative estimate of drug-likeness (QED) is 0.180. The van der Waals surface area contributed by atoms with Gasteiger partial charge in [0.15, 0.2) is 17.2 Å². The second-order valence-electron chi connectivity index (χ2n) is 13.9. The molecule has 11 aromatic rings. The van der Waals surface area contributed by atoms with Gasteiger partial charge >= 0.3 is 0 Å². The van der Waals surface area contributed by atoms with Crippen LogP contribution in [0.4, 0.5) is 11.5 Å². The average molecular weight is 693 g/mol. The highest BCUT2D eigenvalue weighted by Gasteiger charge is 2.23. The summed E-state index contributed by atoms with van der Waals surface area (Å²) in [5.41, 5.74) is 9.94. The van der Waals surface area contributed by atoms with E-state index >= 15 is 0 Å². The van der Waals surface area contributed by atoms with E-state index < -0.39 is 0 Å². The van der Waals surface area contributed by atoms with Gasteiger partial charge in [-0.1, -0.05) is 133 Å². The standard InChI is InChI=1S/C49H32N4O/c1-52(49-47-46(50-48(51-49)33-14-3-2-4-15-33)40-29-34-16-5-6-17-35(34)30-44(40)54-47)43-28-25-31-13-7-8-18-37(31)45(43)32-23-26-36(27-24-32)53-41-21-11-9-19-38(41)39-20-10-12-22-42(39)53/h2-30H,1H3. The molecule has 0 atom stereocenters. The predicted molar refractivity (Wildman–Crippen MR) is 224 cm³/mol. The number of nitrogens with zero attached hydrogens (tertiary/aromatic N) is 4. The zero-order chi connectivity index (χ0) is 35.8. The number of hydrogen-bond donors (Lipinski definition) is 0. The first-order valence-electron chi connectivity index (χ1n) is 18.2. The molecule has 0 bridgehead atoms. The molecule has 0 spiro atoms. The molecule has 54 heavy (non-hydrogen) atoms. The molecule has 3 heterocycles. The summed E-state index contributed by atoms with van der Waals surface area (Å²) < 4.78 is 9.08.